The SMILES string of the molecule is CC(Cc1ccsc1)NC(=O)C(CN)CC(C)(C)C. The Morgan fingerprint density at radius 2 is 2.16 bits per heavy atom. The molecule has 2 unspecified atom stereocenters. The number of rotatable bonds is 6. The molecule has 3 N–H and O–H groups in total. The van der Waals surface area contributed by atoms with Gasteiger partial charge in [0.15, 0.2) is 0 Å². The molecule has 0 aliphatic heterocycles. The third kappa shape index (κ3) is 6.21. The smallest absolute Gasteiger partial charge is 0.224 e. The van der Waals surface area contributed by atoms with E-state index in [1.165, 1.54) is 5.56 Å². The number of amides is 1. The lowest BCUT2D eigenvalue weighted by Gasteiger charge is -2.25. The summed E-state index contributed by atoms with van der Waals surface area (Å²) in [7, 11) is 0. The molecule has 3 nitrogen and oxygen atoms in total. The Balaban J connectivity index is 2.47. The van der Waals surface area contributed by atoms with E-state index >= 15 is 0 Å². The summed E-state index contributed by atoms with van der Waals surface area (Å²) in [6.45, 7) is 8.86. The predicted octanol–water partition coefficient (Wildman–Crippen LogP) is 2.81. The molecule has 1 aromatic rings. The van der Waals surface area contributed by atoms with Crippen LogP contribution in [0, 0.1) is 11.3 Å². The number of hydrogen-bond donors (Lipinski definition) is 2. The van der Waals surface area contributed by atoms with Crippen molar-refractivity contribution in [1.29, 1.82) is 0 Å². The van der Waals surface area contributed by atoms with Crippen LogP contribution in [-0.2, 0) is 11.2 Å². The van der Waals surface area contributed by atoms with E-state index in [0.717, 1.165) is 12.8 Å². The summed E-state index contributed by atoms with van der Waals surface area (Å²) >= 11 is 1.69. The molecule has 19 heavy (non-hydrogen) atoms. The molecule has 0 saturated heterocycles. The van der Waals surface area contributed by atoms with Gasteiger partial charge in [0, 0.05) is 12.6 Å². The van der Waals surface area contributed by atoms with Gasteiger partial charge in [0.05, 0.1) is 5.92 Å². The van der Waals surface area contributed by atoms with Crippen LogP contribution in [0.4, 0.5) is 0 Å². The highest BCUT2D eigenvalue weighted by Crippen LogP contribution is 2.24. The van der Waals surface area contributed by atoms with Crippen molar-refractivity contribution in [2.24, 2.45) is 17.1 Å². The maximum absolute atomic E-state index is 12.2. The van der Waals surface area contributed by atoms with Crippen molar-refractivity contribution in [3.05, 3.63) is 22.4 Å². The van der Waals surface area contributed by atoms with Gasteiger partial charge < -0.3 is 11.1 Å². The Morgan fingerprint density at radius 1 is 1.47 bits per heavy atom. The molecular formula is C15H26N2OS. The van der Waals surface area contributed by atoms with E-state index < -0.39 is 0 Å². The highest BCUT2D eigenvalue weighted by Gasteiger charge is 2.24. The Kier molecular flexibility index (Phi) is 6.01. The van der Waals surface area contributed by atoms with E-state index in [1.54, 1.807) is 11.3 Å². The van der Waals surface area contributed by atoms with Crippen LogP contribution < -0.4 is 11.1 Å². The zero-order valence-electron chi connectivity index (χ0n) is 12.4. The second-order valence-electron chi connectivity index (χ2n) is 6.44. The van der Waals surface area contributed by atoms with Crippen molar-refractivity contribution < 1.29 is 4.79 Å². The number of thiophene rings is 1. The summed E-state index contributed by atoms with van der Waals surface area (Å²) in [4.78, 5) is 12.2. The van der Waals surface area contributed by atoms with Crippen molar-refractivity contribution in [1.82, 2.24) is 5.32 Å². The Labute approximate surface area is 120 Å². The van der Waals surface area contributed by atoms with Crippen LogP contribution in [0.3, 0.4) is 0 Å². The maximum Gasteiger partial charge on any atom is 0.224 e. The summed E-state index contributed by atoms with van der Waals surface area (Å²) in [6, 6.07) is 2.25. The van der Waals surface area contributed by atoms with Gasteiger partial charge >= 0.3 is 0 Å². The van der Waals surface area contributed by atoms with Gasteiger partial charge in [-0.05, 0) is 47.6 Å². The third-order valence-electron chi connectivity index (χ3n) is 3.02. The first kappa shape index (κ1) is 16.2. The molecule has 0 aliphatic rings. The quantitative estimate of drug-likeness (QED) is 0.843. The van der Waals surface area contributed by atoms with Crippen LogP contribution >= 0.6 is 11.3 Å². The molecule has 0 saturated carbocycles. The van der Waals surface area contributed by atoms with E-state index in [4.69, 9.17) is 5.73 Å². The second-order valence-corrected chi connectivity index (χ2v) is 7.22. The number of nitrogens with one attached hydrogen (secondary N) is 1. The zero-order chi connectivity index (χ0) is 14.5. The van der Waals surface area contributed by atoms with Gasteiger partial charge in [-0.3, -0.25) is 4.79 Å². The molecule has 4 heteroatoms. The van der Waals surface area contributed by atoms with Crippen LogP contribution in [0.15, 0.2) is 16.8 Å². The van der Waals surface area contributed by atoms with Crippen molar-refractivity contribution in [2.45, 2.75) is 46.6 Å². The average Bonchev–Trinajstić information content (AvgIpc) is 2.76. The third-order valence-corrected chi connectivity index (χ3v) is 3.76. The molecule has 0 fully saturated rings. The molecule has 1 heterocycles. The highest BCUT2D eigenvalue weighted by atomic mass is 32.1. The Morgan fingerprint density at radius 3 is 2.63 bits per heavy atom. The molecule has 0 aliphatic carbocycles. The predicted molar refractivity (Wildman–Crippen MR) is 82.2 cm³/mol. The van der Waals surface area contributed by atoms with E-state index in [2.05, 4.69) is 42.9 Å². The second kappa shape index (κ2) is 7.06. The van der Waals surface area contributed by atoms with Gasteiger partial charge in [0.2, 0.25) is 5.91 Å². The lowest BCUT2D eigenvalue weighted by Crippen LogP contribution is -2.42. The standard InChI is InChI=1S/C15H26N2OS/c1-11(7-12-5-6-19-10-12)17-14(18)13(9-16)8-15(2,3)4/h5-6,10-11,13H,7-9,16H2,1-4H3,(H,17,18). The number of nitrogens with two attached hydrogens (primary N) is 1. The van der Waals surface area contributed by atoms with Gasteiger partial charge in [-0.25, -0.2) is 0 Å². The molecule has 108 valence electrons. The van der Waals surface area contributed by atoms with Crippen molar-refractivity contribution in [3.63, 3.8) is 0 Å². The van der Waals surface area contributed by atoms with Crippen LogP contribution in [-0.4, -0.2) is 18.5 Å². The first-order valence-electron chi connectivity index (χ1n) is 6.83. The molecule has 0 radical (unpaired) electrons. The number of hydrogen-bond acceptors (Lipinski definition) is 3. The fourth-order valence-corrected chi connectivity index (χ4v) is 2.88. The zero-order valence-corrected chi connectivity index (χ0v) is 13.2. The molecule has 0 aromatic carbocycles. The van der Waals surface area contributed by atoms with Gasteiger partial charge in [-0.2, -0.15) is 11.3 Å². The first-order valence-corrected chi connectivity index (χ1v) is 7.77. The molecule has 1 aromatic heterocycles. The highest BCUT2D eigenvalue weighted by molar-refractivity contribution is 7.07. The maximum atomic E-state index is 12.2. The molecule has 1 amide bonds. The lowest BCUT2D eigenvalue weighted by molar-refractivity contribution is -0.126. The topological polar surface area (TPSA) is 55.1 Å². The molecular weight excluding hydrogens is 256 g/mol. The Hall–Kier alpha value is -0.870. The van der Waals surface area contributed by atoms with E-state index in [9.17, 15) is 4.79 Å². The van der Waals surface area contributed by atoms with Gasteiger partial charge in [-0.15, -0.1) is 0 Å². The minimum absolute atomic E-state index is 0.0835. The summed E-state index contributed by atoms with van der Waals surface area (Å²) in [5.74, 6) is -0.00919. The number of carbonyl (C=O) groups excluding carboxylic acids is 1. The van der Waals surface area contributed by atoms with Crippen molar-refractivity contribution in [3.8, 4) is 0 Å². The summed E-state index contributed by atoms with van der Waals surface area (Å²) in [6.07, 6.45) is 1.70. The molecule has 1 rings (SSSR count). The van der Waals surface area contributed by atoms with E-state index in [-0.39, 0.29) is 23.3 Å². The van der Waals surface area contributed by atoms with E-state index in [1.807, 2.05) is 6.92 Å². The average molecular weight is 282 g/mol. The normalized spacial score (nSPS) is 15.0. The van der Waals surface area contributed by atoms with Crippen LogP contribution in [0.5, 0.6) is 0 Å². The minimum Gasteiger partial charge on any atom is -0.353 e. The summed E-state index contributed by atoms with van der Waals surface area (Å²) in [5.41, 5.74) is 7.13. The minimum atomic E-state index is -0.0927. The molecule has 2 atom stereocenters. The Bertz CT molecular complexity index is 381. The van der Waals surface area contributed by atoms with Gasteiger partial charge in [-0.1, -0.05) is 20.8 Å². The fraction of sp³-hybridized carbons (Fsp3) is 0.667. The van der Waals surface area contributed by atoms with E-state index in [0.29, 0.717) is 6.54 Å². The number of carbonyl (C=O) groups is 1. The molecule has 0 bridgehead atoms. The van der Waals surface area contributed by atoms with Gasteiger partial charge in [0.25, 0.3) is 0 Å². The lowest BCUT2D eigenvalue weighted by atomic mass is 9.84. The van der Waals surface area contributed by atoms with Crippen LogP contribution in [0.2, 0.25) is 0 Å². The largest absolute Gasteiger partial charge is 0.353 e. The monoisotopic (exact) mass is 282 g/mol. The van der Waals surface area contributed by atoms with Crippen molar-refractivity contribution in [2.75, 3.05) is 6.54 Å². The summed E-state index contributed by atoms with van der Waals surface area (Å²) in [5, 5.41) is 7.26. The van der Waals surface area contributed by atoms with Gasteiger partial charge in [0.1, 0.15) is 0 Å². The van der Waals surface area contributed by atoms with Crippen LogP contribution in [0.25, 0.3) is 0 Å². The summed E-state index contributed by atoms with van der Waals surface area (Å²) < 4.78 is 0. The molecule has 0 spiro atoms. The van der Waals surface area contributed by atoms with Crippen LogP contribution in [0.1, 0.15) is 39.7 Å². The van der Waals surface area contributed by atoms with Crippen molar-refractivity contribution >= 4 is 17.2 Å². The fourth-order valence-electron chi connectivity index (χ4n) is 2.20. The first-order chi connectivity index (χ1) is 8.81.